The third-order valence-electron chi connectivity index (χ3n) is 12.2. The number of aromatic nitrogens is 3. The lowest BCUT2D eigenvalue weighted by Crippen LogP contribution is -2.04. The molecule has 0 aliphatic rings. The first kappa shape index (κ1) is 33.7. The van der Waals surface area contributed by atoms with E-state index in [4.69, 9.17) is 18.8 Å². The van der Waals surface area contributed by atoms with Gasteiger partial charge in [0.1, 0.15) is 22.3 Å². The van der Waals surface area contributed by atoms with Crippen molar-refractivity contribution in [2.45, 2.75) is 0 Å². The van der Waals surface area contributed by atoms with Gasteiger partial charge in [-0.3, -0.25) is 4.57 Å². The highest BCUT2D eigenvalue weighted by Crippen LogP contribution is 2.44. The first-order valence-electron chi connectivity index (χ1n) is 20.6. The minimum Gasteiger partial charge on any atom is -0.456 e. The zero-order valence-electron chi connectivity index (χ0n) is 32.7. The largest absolute Gasteiger partial charge is 0.456 e. The molecule has 13 aromatic rings. The van der Waals surface area contributed by atoms with Gasteiger partial charge in [0.25, 0.3) is 0 Å². The number of para-hydroxylation sites is 5. The number of furan rings is 2. The van der Waals surface area contributed by atoms with Gasteiger partial charge in [-0.25, -0.2) is 9.97 Å². The maximum Gasteiger partial charge on any atom is 0.235 e. The second-order valence-corrected chi connectivity index (χ2v) is 15.7. The summed E-state index contributed by atoms with van der Waals surface area (Å²) >= 11 is 0. The summed E-state index contributed by atoms with van der Waals surface area (Å²) in [6, 6.07) is 70.2. The second kappa shape index (κ2) is 13.1. The van der Waals surface area contributed by atoms with Crippen LogP contribution in [0, 0.1) is 0 Å². The number of fused-ring (bicyclic) bond motifs is 10. The fraction of sp³-hybridized carbons (Fsp3) is 0. The van der Waals surface area contributed by atoms with Crippen LogP contribution in [0.25, 0.3) is 127 Å². The Morgan fingerprint density at radius 2 is 0.967 bits per heavy atom. The SMILES string of the molecule is c1ccc(-c2nc(-n3c4ccc(-c5cccc6c5oc5ccccc56)cc4c4cccc(-c5cccc(-c6cccc7oc8ccccc8c67)c5)c43)nc3ccccc23)cc1. The number of nitrogens with zero attached hydrogens (tertiary/aromatic N) is 3. The Balaban J connectivity index is 1.09. The number of hydrogen-bond acceptors (Lipinski definition) is 4. The van der Waals surface area contributed by atoms with E-state index in [0.717, 1.165) is 121 Å². The van der Waals surface area contributed by atoms with Crippen molar-refractivity contribution < 1.29 is 8.83 Å². The van der Waals surface area contributed by atoms with Gasteiger partial charge in [0, 0.05) is 54.4 Å². The van der Waals surface area contributed by atoms with Crippen molar-refractivity contribution in [3.05, 3.63) is 200 Å². The fourth-order valence-corrected chi connectivity index (χ4v) is 9.50. The molecular formula is C56H33N3O2. The molecule has 0 aliphatic heterocycles. The molecule has 0 aliphatic carbocycles. The molecule has 0 saturated carbocycles. The Labute approximate surface area is 349 Å². The standard InChI is InChI=1S/C56H33N3O2/c1-2-14-34(15-3-1)53-44-19-4-7-26-47(44)57-56(58-53)59-48-31-30-37(40-23-12-25-43-41-18-5-8-27-49(41)61-55(40)43)33-46(48)42-24-11-22-39(54(42)59)36-17-10-16-35(32-36)38-21-13-29-51-52(38)45-20-6-9-28-50(45)60-51/h1-33H. The minimum atomic E-state index is 0.614. The summed E-state index contributed by atoms with van der Waals surface area (Å²) in [6.45, 7) is 0. The lowest BCUT2D eigenvalue weighted by Gasteiger charge is -2.14. The van der Waals surface area contributed by atoms with Crippen LogP contribution in [0.1, 0.15) is 0 Å². The van der Waals surface area contributed by atoms with Gasteiger partial charge >= 0.3 is 0 Å². The molecule has 0 bridgehead atoms. The van der Waals surface area contributed by atoms with Gasteiger partial charge in [0.05, 0.1) is 22.2 Å². The summed E-state index contributed by atoms with van der Waals surface area (Å²) in [5.41, 5.74) is 14.9. The summed E-state index contributed by atoms with van der Waals surface area (Å²) in [5.74, 6) is 0.614. The number of hydrogen-bond donors (Lipinski definition) is 0. The summed E-state index contributed by atoms with van der Waals surface area (Å²) in [7, 11) is 0. The minimum absolute atomic E-state index is 0.614. The summed E-state index contributed by atoms with van der Waals surface area (Å²) in [6.07, 6.45) is 0. The molecule has 5 nitrogen and oxygen atoms in total. The summed E-state index contributed by atoms with van der Waals surface area (Å²) < 4.78 is 15.1. The van der Waals surface area contributed by atoms with Crippen LogP contribution in [0.3, 0.4) is 0 Å². The maximum absolute atomic E-state index is 6.55. The third kappa shape index (κ3) is 5.14. The second-order valence-electron chi connectivity index (χ2n) is 15.7. The zero-order chi connectivity index (χ0) is 40.0. The van der Waals surface area contributed by atoms with Crippen molar-refractivity contribution in [3.63, 3.8) is 0 Å². The topological polar surface area (TPSA) is 57.0 Å². The molecule has 4 aromatic heterocycles. The number of benzene rings is 9. The van der Waals surface area contributed by atoms with Gasteiger partial charge in [-0.2, -0.15) is 0 Å². The lowest BCUT2D eigenvalue weighted by atomic mass is 9.95. The van der Waals surface area contributed by atoms with E-state index in [1.165, 1.54) is 0 Å². The Kier molecular flexibility index (Phi) is 7.24. The van der Waals surface area contributed by atoms with Crippen LogP contribution < -0.4 is 0 Å². The van der Waals surface area contributed by atoms with Crippen LogP contribution in [-0.4, -0.2) is 14.5 Å². The molecule has 284 valence electrons. The molecule has 61 heavy (non-hydrogen) atoms. The van der Waals surface area contributed by atoms with Crippen LogP contribution in [0.5, 0.6) is 0 Å². The van der Waals surface area contributed by atoms with Crippen molar-refractivity contribution in [1.29, 1.82) is 0 Å². The molecule has 5 heteroatoms. The molecule has 0 saturated heterocycles. The van der Waals surface area contributed by atoms with E-state index < -0.39 is 0 Å². The molecule has 0 unspecified atom stereocenters. The van der Waals surface area contributed by atoms with Crippen LogP contribution in [0.4, 0.5) is 0 Å². The fourth-order valence-electron chi connectivity index (χ4n) is 9.50. The van der Waals surface area contributed by atoms with Crippen molar-refractivity contribution in [3.8, 4) is 50.6 Å². The van der Waals surface area contributed by atoms with Gasteiger partial charge < -0.3 is 8.83 Å². The molecule has 0 atom stereocenters. The molecule has 0 radical (unpaired) electrons. The first-order chi connectivity index (χ1) is 30.2. The van der Waals surface area contributed by atoms with Crippen LogP contribution in [-0.2, 0) is 0 Å². The van der Waals surface area contributed by atoms with Crippen LogP contribution in [0.2, 0.25) is 0 Å². The van der Waals surface area contributed by atoms with Crippen LogP contribution in [0.15, 0.2) is 209 Å². The van der Waals surface area contributed by atoms with Gasteiger partial charge in [-0.05, 0) is 64.7 Å². The molecule has 0 amide bonds. The zero-order valence-corrected chi connectivity index (χ0v) is 32.7. The van der Waals surface area contributed by atoms with E-state index in [0.29, 0.717) is 5.95 Å². The summed E-state index contributed by atoms with van der Waals surface area (Å²) in [4.78, 5) is 10.8. The van der Waals surface area contributed by atoms with Crippen LogP contribution >= 0.6 is 0 Å². The van der Waals surface area contributed by atoms with E-state index in [2.05, 4.69) is 168 Å². The monoisotopic (exact) mass is 779 g/mol. The van der Waals surface area contributed by atoms with Gasteiger partial charge in [0.15, 0.2) is 0 Å². The average Bonchev–Trinajstić information content (AvgIpc) is 4.01. The average molecular weight is 780 g/mol. The molecule has 0 fully saturated rings. The normalized spacial score (nSPS) is 11.9. The smallest absolute Gasteiger partial charge is 0.235 e. The molecule has 4 heterocycles. The molecule has 0 spiro atoms. The predicted molar refractivity (Wildman–Crippen MR) is 250 cm³/mol. The lowest BCUT2D eigenvalue weighted by molar-refractivity contribution is 0.669. The highest BCUT2D eigenvalue weighted by Gasteiger charge is 2.22. The number of rotatable bonds is 5. The van der Waals surface area contributed by atoms with Crippen molar-refractivity contribution in [2.24, 2.45) is 0 Å². The highest BCUT2D eigenvalue weighted by atomic mass is 16.3. The Morgan fingerprint density at radius 1 is 0.361 bits per heavy atom. The van der Waals surface area contributed by atoms with E-state index >= 15 is 0 Å². The van der Waals surface area contributed by atoms with E-state index in [1.54, 1.807) is 0 Å². The van der Waals surface area contributed by atoms with Gasteiger partial charge in [0.2, 0.25) is 5.95 Å². The van der Waals surface area contributed by atoms with Crippen molar-refractivity contribution in [2.75, 3.05) is 0 Å². The quantitative estimate of drug-likeness (QED) is 0.175. The first-order valence-corrected chi connectivity index (χ1v) is 20.6. The molecule has 9 aromatic carbocycles. The van der Waals surface area contributed by atoms with Gasteiger partial charge in [-0.15, -0.1) is 0 Å². The molecular weight excluding hydrogens is 747 g/mol. The Bertz CT molecular complexity index is 3890. The van der Waals surface area contributed by atoms with E-state index in [1.807, 2.05) is 36.4 Å². The van der Waals surface area contributed by atoms with Crippen molar-refractivity contribution >= 4 is 76.6 Å². The highest BCUT2D eigenvalue weighted by molar-refractivity contribution is 6.17. The maximum atomic E-state index is 6.55. The third-order valence-corrected chi connectivity index (χ3v) is 12.2. The molecule has 13 rings (SSSR count). The molecule has 0 N–H and O–H groups in total. The van der Waals surface area contributed by atoms with Crippen molar-refractivity contribution in [1.82, 2.24) is 14.5 Å². The Morgan fingerprint density at radius 3 is 1.84 bits per heavy atom. The predicted octanol–water partition coefficient (Wildman–Crippen LogP) is 15.2. The summed E-state index contributed by atoms with van der Waals surface area (Å²) in [5, 5.41) is 7.67. The van der Waals surface area contributed by atoms with Gasteiger partial charge in [-0.1, -0.05) is 158 Å². The Hall–Kier alpha value is -8.28. The van der Waals surface area contributed by atoms with E-state index in [9.17, 15) is 0 Å². The van der Waals surface area contributed by atoms with E-state index in [-0.39, 0.29) is 0 Å².